The van der Waals surface area contributed by atoms with Crippen LogP contribution in [0.5, 0.6) is 0 Å². The van der Waals surface area contributed by atoms with E-state index in [1.807, 2.05) is 13.8 Å². The second-order valence-corrected chi connectivity index (χ2v) is 7.10. The van der Waals surface area contributed by atoms with Gasteiger partial charge in [-0.1, -0.05) is 34.6 Å². The van der Waals surface area contributed by atoms with Crippen molar-refractivity contribution < 1.29 is 9.59 Å². The number of Topliss-reactive ketones (excluding diaryl/α,β-unsaturated/α-hetero) is 1. The summed E-state index contributed by atoms with van der Waals surface area (Å²) in [6.07, 6.45) is 0. The van der Waals surface area contributed by atoms with Crippen LogP contribution in [0.4, 0.5) is 0 Å². The van der Waals surface area contributed by atoms with Gasteiger partial charge in [-0.2, -0.15) is 0 Å². The Morgan fingerprint density at radius 1 is 1.25 bits per heavy atom. The zero-order chi connectivity index (χ0) is 12.9. The average molecular weight is 245 g/mol. The first-order valence-electron chi connectivity index (χ1n) is 5.57. The molecule has 16 heavy (non-hydrogen) atoms. The quantitative estimate of drug-likeness (QED) is 0.808. The van der Waals surface area contributed by atoms with Gasteiger partial charge in [0.05, 0.1) is 11.8 Å². The Kier molecular flexibility index (Phi) is 6.08. The van der Waals surface area contributed by atoms with E-state index < -0.39 is 0 Å². The Morgan fingerprint density at radius 3 is 2.06 bits per heavy atom. The summed E-state index contributed by atoms with van der Waals surface area (Å²) < 4.78 is 0.0703. The van der Waals surface area contributed by atoms with Crippen LogP contribution < -0.4 is 5.32 Å². The number of nitrogens with one attached hydrogen (secondary N) is 1. The Balaban J connectivity index is 4.17. The van der Waals surface area contributed by atoms with Gasteiger partial charge in [0.1, 0.15) is 0 Å². The summed E-state index contributed by atoms with van der Waals surface area (Å²) in [6, 6.07) is -0.354. The lowest BCUT2D eigenvalue weighted by Gasteiger charge is -2.21. The minimum atomic E-state index is -0.354. The van der Waals surface area contributed by atoms with Crippen LogP contribution in [-0.4, -0.2) is 28.2 Å². The third kappa shape index (κ3) is 6.88. The van der Waals surface area contributed by atoms with E-state index in [4.69, 9.17) is 0 Å². The lowest BCUT2D eigenvalue weighted by molar-refractivity contribution is -0.126. The molecular formula is C12H23NO2S. The van der Waals surface area contributed by atoms with Gasteiger partial charge in [0.25, 0.3) is 0 Å². The SMILES string of the molecule is CC(=O)C(NC(=O)CSC(C)(C)C)C(C)C. The lowest BCUT2D eigenvalue weighted by atomic mass is 10.0. The molecule has 1 N–H and O–H groups in total. The van der Waals surface area contributed by atoms with Crippen molar-refractivity contribution in [3.05, 3.63) is 0 Å². The van der Waals surface area contributed by atoms with E-state index in [1.165, 1.54) is 6.92 Å². The molecule has 0 aliphatic rings. The highest BCUT2D eigenvalue weighted by atomic mass is 32.2. The predicted octanol–water partition coefficient (Wildman–Crippen LogP) is 2.25. The smallest absolute Gasteiger partial charge is 0.230 e. The first-order chi connectivity index (χ1) is 7.13. The van der Waals surface area contributed by atoms with Gasteiger partial charge in [0.15, 0.2) is 5.78 Å². The van der Waals surface area contributed by atoms with Crippen molar-refractivity contribution in [3.63, 3.8) is 0 Å². The second kappa shape index (κ2) is 6.28. The molecule has 0 bridgehead atoms. The maximum Gasteiger partial charge on any atom is 0.230 e. The Labute approximate surface area is 103 Å². The molecule has 0 aromatic heterocycles. The number of carbonyl (C=O) groups is 2. The van der Waals surface area contributed by atoms with Gasteiger partial charge in [-0.3, -0.25) is 9.59 Å². The first-order valence-corrected chi connectivity index (χ1v) is 6.56. The maximum absolute atomic E-state index is 11.6. The van der Waals surface area contributed by atoms with Crippen molar-refractivity contribution in [2.75, 3.05) is 5.75 Å². The van der Waals surface area contributed by atoms with E-state index in [0.717, 1.165) is 0 Å². The van der Waals surface area contributed by atoms with E-state index in [0.29, 0.717) is 5.75 Å². The molecule has 0 aromatic rings. The molecule has 0 heterocycles. The van der Waals surface area contributed by atoms with Gasteiger partial charge in [0.2, 0.25) is 5.91 Å². The number of hydrogen-bond acceptors (Lipinski definition) is 3. The number of carbonyl (C=O) groups excluding carboxylic acids is 2. The van der Waals surface area contributed by atoms with E-state index in [2.05, 4.69) is 26.1 Å². The molecule has 0 radical (unpaired) electrons. The summed E-state index contributed by atoms with van der Waals surface area (Å²) in [5.74, 6) is 0.499. The van der Waals surface area contributed by atoms with Crippen LogP contribution >= 0.6 is 11.8 Å². The minimum absolute atomic E-state index is 0.0177. The third-order valence-electron chi connectivity index (χ3n) is 2.06. The molecule has 0 fully saturated rings. The zero-order valence-corrected chi connectivity index (χ0v) is 11.9. The van der Waals surface area contributed by atoms with Crippen LogP contribution in [0.25, 0.3) is 0 Å². The Hall–Kier alpha value is -0.510. The molecule has 0 aromatic carbocycles. The van der Waals surface area contributed by atoms with Crippen molar-refractivity contribution in [3.8, 4) is 0 Å². The molecule has 0 saturated heterocycles. The highest BCUT2D eigenvalue weighted by molar-refractivity contribution is 8.01. The van der Waals surface area contributed by atoms with Gasteiger partial charge in [0, 0.05) is 4.75 Å². The van der Waals surface area contributed by atoms with E-state index in [1.54, 1.807) is 11.8 Å². The molecule has 0 rings (SSSR count). The zero-order valence-electron chi connectivity index (χ0n) is 11.1. The van der Waals surface area contributed by atoms with Gasteiger partial charge in [-0.25, -0.2) is 0 Å². The molecule has 0 saturated carbocycles. The van der Waals surface area contributed by atoms with Gasteiger partial charge >= 0.3 is 0 Å². The van der Waals surface area contributed by atoms with Crippen LogP contribution in [0.2, 0.25) is 0 Å². The van der Waals surface area contributed by atoms with Crippen molar-refractivity contribution in [2.45, 2.75) is 52.3 Å². The number of ketones is 1. The highest BCUT2D eigenvalue weighted by Crippen LogP contribution is 2.22. The fourth-order valence-electron chi connectivity index (χ4n) is 1.23. The van der Waals surface area contributed by atoms with Crippen LogP contribution in [0.15, 0.2) is 0 Å². The lowest BCUT2D eigenvalue weighted by Crippen LogP contribution is -2.44. The van der Waals surface area contributed by atoms with Crippen molar-refractivity contribution in [2.24, 2.45) is 5.92 Å². The molecule has 1 unspecified atom stereocenters. The largest absolute Gasteiger partial charge is 0.345 e. The molecule has 1 atom stereocenters. The van der Waals surface area contributed by atoms with E-state index in [-0.39, 0.29) is 28.4 Å². The van der Waals surface area contributed by atoms with E-state index >= 15 is 0 Å². The normalized spacial score (nSPS) is 13.7. The highest BCUT2D eigenvalue weighted by Gasteiger charge is 2.21. The van der Waals surface area contributed by atoms with Crippen molar-refractivity contribution in [1.82, 2.24) is 5.32 Å². The summed E-state index contributed by atoms with van der Waals surface area (Å²) in [5.41, 5.74) is 0. The average Bonchev–Trinajstić information content (AvgIpc) is 2.08. The molecule has 4 heteroatoms. The summed E-state index contributed by atoms with van der Waals surface area (Å²) in [6.45, 7) is 11.6. The van der Waals surface area contributed by atoms with Gasteiger partial charge in [-0.15, -0.1) is 11.8 Å². The fraction of sp³-hybridized carbons (Fsp3) is 0.833. The maximum atomic E-state index is 11.6. The summed E-state index contributed by atoms with van der Waals surface area (Å²) >= 11 is 1.58. The molecule has 1 amide bonds. The monoisotopic (exact) mass is 245 g/mol. The second-order valence-electron chi connectivity index (χ2n) is 5.30. The van der Waals surface area contributed by atoms with Crippen molar-refractivity contribution >= 4 is 23.5 Å². The topological polar surface area (TPSA) is 46.2 Å². The Morgan fingerprint density at radius 2 is 1.75 bits per heavy atom. The first kappa shape index (κ1) is 15.5. The van der Waals surface area contributed by atoms with Crippen LogP contribution in [-0.2, 0) is 9.59 Å². The molecule has 3 nitrogen and oxygen atoms in total. The molecule has 94 valence electrons. The fourth-order valence-corrected chi connectivity index (χ4v) is 1.88. The number of thioether (sulfide) groups is 1. The molecular weight excluding hydrogens is 222 g/mol. The number of amides is 1. The number of hydrogen-bond donors (Lipinski definition) is 1. The summed E-state index contributed by atoms with van der Waals surface area (Å²) in [7, 11) is 0. The van der Waals surface area contributed by atoms with Crippen LogP contribution in [0.1, 0.15) is 41.5 Å². The summed E-state index contributed by atoms with van der Waals surface area (Å²) in [4.78, 5) is 22.9. The number of rotatable bonds is 5. The van der Waals surface area contributed by atoms with Crippen LogP contribution in [0, 0.1) is 5.92 Å². The van der Waals surface area contributed by atoms with E-state index in [9.17, 15) is 9.59 Å². The standard InChI is InChI=1S/C12H23NO2S/c1-8(2)11(9(3)14)13-10(15)7-16-12(4,5)6/h8,11H,7H2,1-6H3,(H,13,15). The summed E-state index contributed by atoms with van der Waals surface area (Å²) in [5, 5.41) is 2.78. The van der Waals surface area contributed by atoms with Gasteiger partial charge in [-0.05, 0) is 12.8 Å². The van der Waals surface area contributed by atoms with Gasteiger partial charge < -0.3 is 5.32 Å². The molecule has 0 aliphatic carbocycles. The van der Waals surface area contributed by atoms with Crippen molar-refractivity contribution in [1.29, 1.82) is 0 Å². The predicted molar refractivity (Wildman–Crippen MR) is 69.7 cm³/mol. The molecule has 0 aliphatic heterocycles. The third-order valence-corrected chi connectivity index (χ3v) is 3.33. The minimum Gasteiger partial charge on any atom is -0.345 e. The van der Waals surface area contributed by atoms with Crippen LogP contribution in [0.3, 0.4) is 0 Å². The Bertz CT molecular complexity index is 256. The molecule has 0 spiro atoms.